The summed E-state index contributed by atoms with van der Waals surface area (Å²) in [5, 5.41) is 15.5. The Morgan fingerprint density at radius 1 is 1.34 bits per heavy atom. The van der Waals surface area contributed by atoms with Gasteiger partial charge in [0.1, 0.15) is 11.6 Å². The van der Waals surface area contributed by atoms with E-state index >= 15 is 0 Å². The van der Waals surface area contributed by atoms with Gasteiger partial charge >= 0.3 is 12.2 Å². The lowest BCUT2D eigenvalue weighted by Gasteiger charge is -2.32. The SMILES string of the molecule is CCC(CO)Nc1ncc2c(c1C)CN(C(=O)NC(COC)c1ccc(C(F)(F)F)c(F)c1)CC2. The van der Waals surface area contributed by atoms with Gasteiger partial charge in [-0.3, -0.25) is 0 Å². The third-order valence-corrected chi connectivity index (χ3v) is 6.22. The van der Waals surface area contributed by atoms with Gasteiger partial charge in [-0.25, -0.2) is 14.2 Å². The van der Waals surface area contributed by atoms with Crippen molar-refractivity contribution < 1.29 is 32.2 Å². The zero-order chi connectivity index (χ0) is 25.8. The van der Waals surface area contributed by atoms with Crippen LogP contribution in [0.2, 0.25) is 0 Å². The number of amides is 2. The van der Waals surface area contributed by atoms with Gasteiger partial charge in [-0.05, 0) is 54.2 Å². The molecule has 2 heterocycles. The van der Waals surface area contributed by atoms with Crippen molar-refractivity contribution in [3.8, 4) is 0 Å². The van der Waals surface area contributed by atoms with E-state index in [4.69, 9.17) is 4.74 Å². The quantitative estimate of drug-likeness (QED) is 0.476. The number of pyridine rings is 1. The normalized spacial score (nSPS) is 15.4. The molecule has 0 aliphatic carbocycles. The molecule has 0 saturated carbocycles. The van der Waals surface area contributed by atoms with E-state index in [-0.39, 0.29) is 24.8 Å². The third-order valence-electron chi connectivity index (χ3n) is 6.22. The van der Waals surface area contributed by atoms with Crippen LogP contribution in [0.15, 0.2) is 24.4 Å². The molecule has 7 nitrogen and oxygen atoms in total. The number of ether oxygens (including phenoxy) is 1. The van der Waals surface area contributed by atoms with Crippen LogP contribution in [-0.2, 0) is 23.9 Å². The van der Waals surface area contributed by atoms with Crippen molar-refractivity contribution in [3.63, 3.8) is 0 Å². The van der Waals surface area contributed by atoms with Crippen LogP contribution in [0.3, 0.4) is 0 Å². The van der Waals surface area contributed by atoms with Crippen LogP contribution in [0.5, 0.6) is 0 Å². The topological polar surface area (TPSA) is 86.7 Å². The van der Waals surface area contributed by atoms with E-state index in [1.807, 2.05) is 13.8 Å². The van der Waals surface area contributed by atoms with Gasteiger partial charge in [-0.2, -0.15) is 13.2 Å². The molecule has 0 spiro atoms. The summed E-state index contributed by atoms with van der Waals surface area (Å²) in [7, 11) is 1.39. The lowest BCUT2D eigenvalue weighted by atomic mass is 9.97. The van der Waals surface area contributed by atoms with Crippen LogP contribution in [0, 0.1) is 12.7 Å². The van der Waals surface area contributed by atoms with Crippen LogP contribution in [-0.4, -0.2) is 53.9 Å². The van der Waals surface area contributed by atoms with Crippen molar-refractivity contribution >= 4 is 11.8 Å². The molecular weight excluding hydrogens is 468 g/mol. The Kier molecular flexibility index (Phi) is 8.55. The summed E-state index contributed by atoms with van der Waals surface area (Å²) in [6, 6.07) is 1.16. The first kappa shape index (κ1) is 26.7. The number of hydrogen-bond donors (Lipinski definition) is 3. The Hall–Kier alpha value is -2.92. The monoisotopic (exact) mass is 498 g/mol. The molecule has 2 aromatic rings. The number of nitrogens with zero attached hydrogens (tertiary/aromatic N) is 2. The fraction of sp³-hybridized carbons (Fsp3) is 0.500. The smallest absolute Gasteiger partial charge is 0.394 e. The number of anilines is 1. The van der Waals surface area contributed by atoms with Crippen molar-refractivity contribution in [1.82, 2.24) is 15.2 Å². The number of rotatable bonds is 8. The van der Waals surface area contributed by atoms with E-state index in [0.29, 0.717) is 37.8 Å². The molecule has 2 amide bonds. The Morgan fingerprint density at radius 3 is 2.69 bits per heavy atom. The highest BCUT2D eigenvalue weighted by Gasteiger charge is 2.34. The van der Waals surface area contributed by atoms with Crippen LogP contribution >= 0.6 is 0 Å². The lowest BCUT2D eigenvalue weighted by Crippen LogP contribution is -2.45. The van der Waals surface area contributed by atoms with E-state index < -0.39 is 29.6 Å². The molecule has 1 aliphatic heterocycles. The van der Waals surface area contributed by atoms with Gasteiger partial charge in [0.25, 0.3) is 0 Å². The minimum atomic E-state index is -4.81. The third kappa shape index (κ3) is 6.21. The maximum atomic E-state index is 14.1. The molecule has 0 fully saturated rings. The number of hydrogen-bond acceptors (Lipinski definition) is 5. The summed E-state index contributed by atoms with van der Waals surface area (Å²) < 4.78 is 58.0. The van der Waals surface area contributed by atoms with Gasteiger partial charge in [0.2, 0.25) is 0 Å². The number of urea groups is 1. The summed E-state index contributed by atoms with van der Waals surface area (Å²) >= 11 is 0. The number of fused-ring (bicyclic) bond motifs is 1. The van der Waals surface area contributed by atoms with Crippen molar-refractivity contribution in [2.24, 2.45) is 0 Å². The Morgan fingerprint density at radius 2 is 2.09 bits per heavy atom. The molecule has 0 bridgehead atoms. The Bertz CT molecular complexity index is 1040. The second-order valence-corrected chi connectivity index (χ2v) is 8.53. The largest absolute Gasteiger partial charge is 0.419 e. The zero-order valence-electron chi connectivity index (χ0n) is 19.9. The van der Waals surface area contributed by atoms with Crippen LogP contribution in [0.4, 0.5) is 28.2 Å². The van der Waals surface area contributed by atoms with Crippen LogP contribution in [0.25, 0.3) is 0 Å². The van der Waals surface area contributed by atoms with Crippen LogP contribution < -0.4 is 10.6 Å². The second kappa shape index (κ2) is 11.2. The highest BCUT2D eigenvalue weighted by atomic mass is 19.4. The second-order valence-electron chi connectivity index (χ2n) is 8.53. The van der Waals surface area contributed by atoms with E-state index in [1.54, 1.807) is 11.1 Å². The molecule has 1 aromatic carbocycles. The average molecular weight is 499 g/mol. The zero-order valence-corrected chi connectivity index (χ0v) is 19.9. The van der Waals surface area contributed by atoms with Gasteiger partial charge in [-0.1, -0.05) is 13.0 Å². The summed E-state index contributed by atoms with van der Waals surface area (Å²) in [4.78, 5) is 19.1. The van der Waals surface area contributed by atoms with E-state index in [0.717, 1.165) is 28.8 Å². The number of methoxy groups -OCH3 is 1. The molecular formula is C24H30F4N4O3. The number of benzene rings is 1. The molecule has 2 atom stereocenters. The van der Waals surface area contributed by atoms with Gasteiger partial charge in [0.15, 0.2) is 0 Å². The number of nitrogens with one attached hydrogen (secondary N) is 2. The molecule has 35 heavy (non-hydrogen) atoms. The first-order valence-corrected chi connectivity index (χ1v) is 11.3. The first-order valence-electron chi connectivity index (χ1n) is 11.3. The summed E-state index contributed by atoms with van der Waals surface area (Å²) in [5.74, 6) is -0.766. The number of halogens is 4. The van der Waals surface area contributed by atoms with Crippen molar-refractivity contribution in [1.29, 1.82) is 0 Å². The highest BCUT2D eigenvalue weighted by molar-refractivity contribution is 5.75. The molecule has 3 rings (SSSR count). The van der Waals surface area contributed by atoms with E-state index in [9.17, 15) is 27.5 Å². The van der Waals surface area contributed by atoms with Gasteiger partial charge in [0.05, 0.1) is 30.9 Å². The fourth-order valence-electron chi connectivity index (χ4n) is 4.06. The summed E-state index contributed by atoms with van der Waals surface area (Å²) in [6.07, 6.45) is -1.74. The lowest BCUT2D eigenvalue weighted by molar-refractivity contribution is -0.140. The minimum Gasteiger partial charge on any atom is -0.394 e. The number of carbonyl (C=O) groups is 1. The summed E-state index contributed by atoms with van der Waals surface area (Å²) in [5.41, 5.74) is 1.65. The molecule has 11 heteroatoms. The van der Waals surface area contributed by atoms with Crippen LogP contribution in [0.1, 0.15) is 47.2 Å². The molecule has 3 N–H and O–H groups in total. The number of aliphatic hydroxyl groups is 1. The molecule has 2 unspecified atom stereocenters. The summed E-state index contributed by atoms with van der Waals surface area (Å²) in [6.45, 7) is 4.50. The number of aliphatic hydroxyl groups excluding tert-OH is 1. The van der Waals surface area contributed by atoms with Gasteiger partial charge in [0, 0.05) is 26.4 Å². The maximum Gasteiger partial charge on any atom is 0.419 e. The van der Waals surface area contributed by atoms with Crippen molar-refractivity contribution in [2.75, 3.05) is 32.2 Å². The predicted octanol–water partition coefficient (Wildman–Crippen LogP) is 4.19. The van der Waals surface area contributed by atoms with Crippen molar-refractivity contribution in [2.45, 2.75) is 51.5 Å². The van der Waals surface area contributed by atoms with Crippen molar-refractivity contribution in [3.05, 3.63) is 58.0 Å². The predicted molar refractivity (Wildman–Crippen MR) is 122 cm³/mol. The number of aromatic nitrogens is 1. The fourth-order valence-corrected chi connectivity index (χ4v) is 4.06. The molecule has 0 saturated heterocycles. The number of alkyl halides is 3. The minimum absolute atomic E-state index is 0.0331. The molecule has 192 valence electrons. The Balaban J connectivity index is 1.77. The average Bonchev–Trinajstić information content (AvgIpc) is 2.82. The number of carbonyl (C=O) groups excluding carboxylic acids is 1. The standard InChI is InChI=1S/C24H30F4N4O3/c1-4-17(12-33)30-22-14(2)18-11-32(8-7-16(18)10-29-22)23(34)31-21(13-35-3)15-5-6-19(20(25)9-15)24(26,27)28/h5-6,9-10,17,21,33H,4,7-8,11-13H2,1-3H3,(H,29,30)(H,31,34). The molecule has 0 radical (unpaired) electrons. The van der Waals surface area contributed by atoms with E-state index in [1.165, 1.54) is 7.11 Å². The first-order chi connectivity index (χ1) is 16.6. The van der Waals surface area contributed by atoms with Gasteiger partial charge < -0.3 is 25.4 Å². The molecule has 1 aromatic heterocycles. The van der Waals surface area contributed by atoms with Gasteiger partial charge in [-0.15, -0.1) is 0 Å². The van der Waals surface area contributed by atoms with E-state index in [2.05, 4.69) is 15.6 Å². The Labute approximate surface area is 201 Å². The highest BCUT2D eigenvalue weighted by Crippen LogP contribution is 2.33. The molecule has 1 aliphatic rings. The maximum absolute atomic E-state index is 14.1.